The Morgan fingerprint density at radius 2 is 1.39 bits per heavy atom. The number of nitriles is 1. The van der Waals surface area contributed by atoms with Crippen molar-refractivity contribution in [2.45, 2.75) is 59.6 Å². The van der Waals surface area contributed by atoms with Gasteiger partial charge in [0.05, 0.1) is 11.6 Å². The van der Waals surface area contributed by atoms with Crippen LogP contribution in [0.25, 0.3) is 0 Å². The van der Waals surface area contributed by atoms with Crippen LogP contribution in [0, 0.1) is 35.0 Å². The molecule has 5 heteroatoms. The molecule has 0 aromatic heterocycles. The Morgan fingerprint density at radius 3 is 1.87 bits per heavy atom. The molecule has 0 aliphatic heterocycles. The second-order valence-corrected chi connectivity index (χ2v) is 8.47. The van der Waals surface area contributed by atoms with Crippen LogP contribution >= 0.6 is 0 Å². The molecule has 31 heavy (non-hydrogen) atoms. The highest BCUT2D eigenvalue weighted by molar-refractivity contribution is 5.47. The second-order valence-electron chi connectivity index (χ2n) is 8.47. The van der Waals surface area contributed by atoms with Crippen molar-refractivity contribution in [2.75, 3.05) is 0 Å². The largest absolute Gasteiger partial charge is 0.418 e. The topological polar surface area (TPSA) is 23.8 Å². The molecule has 0 aliphatic rings. The zero-order chi connectivity index (χ0) is 24.4. The average molecular weight is 438 g/mol. The molecule has 0 spiro atoms. The fourth-order valence-corrected chi connectivity index (χ4v) is 2.79. The first-order chi connectivity index (χ1) is 14.2. The average Bonchev–Trinajstić information content (AvgIpc) is 2.71. The number of nitrogens with zero attached hydrogens (tertiary/aromatic N) is 1. The Hall–Kier alpha value is -2.35. The number of rotatable bonds is 13. The number of alkyl halides is 3. The van der Waals surface area contributed by atoms with Gasteiger partial charge in [-0.15, -0.1) is 0 Å². The fourth-order valence-electron chi connectivity index (χ4n) is 2.79. The Bertz CT molecular complexity index is 761. The van der Waals surface area contributed by atoms with Gasteiger partial charge in [-0.05, 0) is 67.6 Å². The first-order valence-corrected chi connectivity index (χ1v) is 10.5. The maximum atomic E-state index is 13.7. The Morgan fingerprint density at radius 1 is 0.871 bits per heavy atom. The van der Waals surface area contributed by atoms with E-state index >= 15 is 0 Å². The lowest BCUT2D eigenvalue weighted by Gasteiger charge is -2.22. The second kappa shape index (κ2) is 13.1. The predicted octanol–water partition coefficient (Wildman–Crippen LogP) is 8.81. The van der Waals surface area contributed by atoms with E-state index in [0.29, 0.717) is 23.5 Å². The summed E-state index contributed by atoms with van der Waals surface area (Å²) < 4.78 is 51.2. The van der Waals surface area contributed by atoms with E-state index in [1.54, 1.807) is 12.2 Å². The molecular formula is C26H35F4N. The van der Waals surface area contributed by atoms with Crippen LogP contribution < -0.4 is 0 Å². The molecule has 0 amide bonds. The highest BCUT2D eigenvalue weighted by Crippen LogP contribution is 2.31. The monoisotopic (exact) mass is 437 g/mol. The summed E-state index contributed by atoms with van der Waals surface area (Å²) in [6, 6.07) is 2.27. The summed E-state index contributed by atoms with van der Waals surface area (Å²) >= 11 is 0. The van der Waals surface area contributed by atoms with Crippen molar-refractivity contribution in [1.29, 1.82) is 5.26 Å². The van der Waals surface area contributed by atoms with Gasteiger partial charge in [0.2, 0.25) is 0 Å². The van der Waals surface area contributed by atoms with Crippen LogP contribution in [0.1, 0.15) is 53.4 Å². The van der Waals surface area contributed by atoms with Gasteiger partial charge in [0.15, 0.2) is 0 Å². The molecule has 0 N–H and O–H groups in total. The normalized spacial score (nSPS) is 16.3. The quantitative estimate of drug-likeness (QED) is 0.209. The molecule has 4 atom stereocenters. The fraction of sp³-hybridized carbons (Fsp3) is 0.500. The smallest absolute Gasteiger partial charge is 0.206 e. The minimum Gasteiger partial charge on any atom is -0.206 e. The maximum Gasteiger partial charge on any atom is 0.418 e. The van der Waals surface area contributed by atoms with E-state index < -0.39 is 17.6 Å². The molecule has 0 fully saturated rings. The van der Waals surface area contributed by atoms with Crippen LogP contribution in [0.15, 0.2) is 72.7 Å². The van der Waals surface area contributed by atoms with Gasteiger partial charge in [-0.3, -0.25) is 0 Å². The minimum absolute atomic E-state index is 0.0358. The van der Waals surface area contributed by atoms with E-state index in [4.69, 9.17) is 5.26 Å². The van der Waals surface area contributed by atoms with Gasteiger partial charge in [-0.1, -0.05) is 64.8 Å². The summed E-state index contributed by atoms with van der Waals surface area (Å²) in [6.45, 7) is 22.5. The molecular weight excluding hydrogens is 402 g/mol. The zero-order valence-electron chi connectivity index (χ0n) is 19.2. The van der Waals surface area contributed by atoms with Crippen LogP contribution in [0.5, 0.6) is 0 Å². The highest BCUT2D eigenvalue weighted by atomic mass is 19.4. The van der Waals surface area contributed by atoms with Gasteiger partial charge in [0, 0.05) is 5.92 Å². The lowest BCUT2D eigenvalue weighted by molar-refractivity contribution is -0.0906. The number of hydrogen-bond donors (Lipinski definition) is 0. The molecule has 0 saturated heterocycles. The molecule has 0 rings (SSSR count). The van der Waals surface area contributed by atoms with Crippen molar-refractivity contribution in [1.82, 2.24) is 0 Å². The van der Waals surface area contributed by atoms with Gasteiger partial charge >= 0.3 is 6.18 Å². The van der Waals surface area contributed by atoms with E-state index in [-0.39, 0.29) is 17.4 Å². The first-order valence-electron chi connectivity index (χ1n) is 10.5. The first kappa shape index (κ1) is 28.6. The molecule has 0 bridgehead atoms. The summed E-state index contributed by atoms with van der Waals surface area (Å²) in [6.07, 6.45) is 3.08. The van der Waals surface area contributed by atoms with E-state index in [1.165, 1.54) is 0 Å². The molecule has 0 aliphatic carbocycles. The molecule has 4 unspecified atom stereocenters. The Labute approximate surface area is 185 Å². The van der Waals surface area contributed by atoms with Crippen LogP contribution in [0.3, 0.4) is 0 Å². The number of halogens is 4. The van der Waals surface area contributed by atoms with Crippen LogP contribution in [0.4, 0.5) is 17.6 Å². The molecule has 0 radical (unpaired) electrons. The van der Waals surface area contributed by atoms with Gasteiger partial charge in [-0.2, -0.15) is 18.4 Å². The summed E-state index contributed by atoms with van der Waals surface area (Å²) in [5.74, 6) is -0.136. The van der Waals surface area contributed by atoms with Crippen LogP contribution in [-0.2, 0) is 0 Å². The zero-order valence-corrected chi connectivity index (χ0v) is 19.2. The Balaban J connectivity index is 4.69. The number of allylic oxidation sites excluding steroid dienone is 8. The van der Waals surface area contributed by atoms with Crippen molar-refractivity contribution in [3.05, 3.63) is 72.7 Å². The van der Waals surface area contributed by atoms with Crippen molar-refractivity contribution in [3.63, 3.8) is 0 Å². The molecule has 0 saturated carbocycles. The molecule has 1 nitrogen and oxygen atoms in total. The number of hydrogen-bond acceptors (Lipinski definition) is 1. The van der Waals surface area contributed by atoms with E-state index in [2.05, 4.69) is 53.2 Å². The molecule has 0 heterocycles. The third-order valence-electron chi connectivity index (χ3n) is 5.78. The van der Waals surface area contributed by atoms with Gasteiger partial charge < -0.3 is 0 Å². The summed E-state index contributed by atoms with van der Waals surface area (Å²) in [5.41, 5.74) is -0.356. The maximum absolute atomic E-state index is 13.7. The third-order valence-corrected chi connectivity index (χ3v) is 5.78. The SMILES string of the molecule is C=C(/C=C\C(=C)C(C)CCC(C)C(C)CCC(C)C#N)C(=C)/C=C(/F)C(=C)C(F)(F)F. The van der Waals surface area contributed by atoms with Crippen molar-refractivity contribution >= 4 is 0 Å². The van der Waals surface area contributed by atoms with E-state index in [0.717, 1.165) is 31.3 Å². The van der Waals surface area contributed by atoms with Crippen molar-refractivity contribution < 1.29 is 17.6 Å². The van der Waals surface area contributed by atoms with Gasteiger partial charge in [0.1, 0.15) is 5.83 Å². The van der Waals surface area contributed by atoms with Crippen molar-refractivity contribution in [3.8, 4) is 6.07 Å². The summed E-state index contributed by atoms with van der Waals surface area (Å²) in [7, 11) is 0. The van der Waals surface area contributed by atoms with Crippen molar-refractivity contribution in [2.24, 2.45) is 23.7 Å². The molecule has 172 valence electrons. The third kappa shape index (κ3) is 11.0. The predicted molar refractivity (Wildman–Crippen MR) is 122 cm³/mol. The van der Waals surface area contributed by atoms with E-state index in [9.17, 15) is 17.6 Å². The minimum atomic E-state index is -4.83. The summed E-state index contributed by atoms with van der Waals surface area (Å²) in [5, 5.41) is 8.90. The van der Waals surface area contributed by atoms with Gasteiger partial charge in [-0.25, -0.2) is 4.39 Å². The lowest BCUT2D eigenvalue weighted by Crippen LogP contribution is -2.11. The highest BCUT2D eigenvalue weighted by Gasteiger charge is 2.34. The Kier molecular flexibility index (Phi) is 12.1. The molecule has 0 aromatic rings. The summed E-state index contributed by atoms with van der Waals surface area (Å²) in [4.78, 5) is 0. The standard InChI is InChI=1S/C26H35F4N/c1-17(16-31)9-10-18(2)19(3)11-12-20(4)21(5)13-14-22(6)23(7)15-25(27)24(8)26(28,29)30/h13-15,17-20H,5-12H2,1-4H3/b14-13-,25-15+. The van der Waals surface area contributed by atoms with Gasteiger partial charge in [0.25, 0.3) is 0 Å². The molecule has 0 aromatic carbocycles. The van der Waals surface area contributed by atoms with E-state index in [1.807, 2.05) is 6.92 Å². The van der Waals surface area contributed by atoms with Crippen LogP contribution in [-0.4, -0.2) is 6.18 Å². The lowest BCUT2D eigenvalue weighted by atomic mass is 9.83. The van der Waals surface area contributed by atoms with Crippen LogP contribution in [0.2, 0.25) is 0 Å².